The van der Waals surface area contributed by atoms with Crippen LogP contribution in [0.25, 0.3) is 0 Å². The van der Waals surface area contributed by atoms with E-state index in [1.807, 2.05) is 0 Å². The van der Waals surface area contributed by atoms with Gasteiger partial charge in [-0.3, -0.25) is 0 Å². The number of aliphatic hydroxyl groups is 1. The lowest BCUT2D eigenvalue weighted by molar-refractivity contribution is 0.0865. The molecule has 1 rings (SSSR count). The molecule has 12 heavy (non-hydrogen) atoms. The van der Waals surface area contributed by atoms with Crippen LogP contribution in [0.3, 0.4) is 0 Å². The molecule has 0 saturated carbocycles. The Morgan fingerprint density at radius 3 is 2.42 bits per heavy atom. The third-order valence-corrected chi connectivity index (χ3v) is 2.16. The van der Waals surface area contributed by atoms with Crippen molar-refractivity contribution in [3.8, 4) is 0 Å². The van der Waals surface area contributed by atoms with Gasteiger partial charge in [0.25, 0.3) is 0 Å². The number of aliphatic hydroxyl groups excluding tert-OH is 1. The van der Waals surface area contributed by atoms with E-state index in [1.165, 1.54) is 0 Å². The van der Waals surface area contributed by atoms with Gasteiger partial charge < -0.3 is 14.7 Å². The van der Waals surface area contributed by atoms with E-state index in [4.69, 9.17) is 9.84 Å². The molecule has 0 atom stereocenters. The second-order valence-electron chi connectivity index (χ2n) is 3.24. The van der Waals surface area contributed by atoms with Crippen molar-refractivity contribution >= 4 is 0 Å². The summed E-state index contributed by atoms with van der Waals surface area (Å²) in [6.45, 7) is 5.40. The van der Waals surface area contributed by atoms with E-state index in [1.54, 1.807) is 0 Å². The molecule has 72 valence electrons. The topological polar surface area (TPSA) is 32.7 Å². The highest BCUT2D eigenvalue weighted by Gasteiger charge is 2.06. The van der Waals surface area contributed by atoms with E-state index in [-0.39, 0.29) is 0 Å². The van der Waals surface area contributed by atoms with Crippen LogP contribution in [0.1, 0.15) is 19.3 Å². The summed E-state index contributed by atoms with van der Waals surface area (Å²) in [4.78, 5) is 2.42. The SMILES string of the molecule is OCCCN1CCCOCCC1. The van der Waals surface area contributed by atoms with Crippen molar-refractivity contribution in [1.82, 2.24) is 4.90 Å². The molecule has 1 N–H and O–H groups in total. The third kappa shape index (κ3) is 4.04. The summed E-state index contributed by atoms with van der Waals surface area (Å²) in [5.41, 5.74) is 0. The Morgan fingerprint density at radius 1 is 1.17 bits per heavy atom. The first kappa shape index (κ1) is 9.96. The summed E-state index contributed by atoms with van der Waals surface area (Å²) in [7, 11) is 0. The molecule has 1 fully saturated rings. The molecule has 0 spiro atoms. The maximum Gasteiger partial charge on any atom is 0.0478 e. The molecule has 0 aliphatic carbocycles. The van der Waals surface area contributed by atoms with Crippen LogP contribution in [-0.2, 0) is 4.74 Å². The lowest BCUT2D eigenvalue weighted by Gasteiger charge is -2.23. The Morgan fingerprint density at radius 2 is 1.83 bits per heavy atom. The molecule has 1 heterocycles. The molecule has 0 unspecified atom stereocenters. The molecule has 0 radical (unpaired) electrons. The van der Waals surface area contributed by atoms with Crippen LogP contribution in [0, 0.1) is 0 Å². The monoisotopic (exact) mass is 173 g/mol. The van der Waals surface area contributed by atoms with Gasteiger partial charge >= 0.3 is 0 Å². The van der Waals surface area contributed by atoms with Gasteiger partial charge in [0.2, 0.25) is 0 Å². The molecule has 1 aliphatic heterocycles. The summed E-state index contributed by atoms with van der Waals surface area (Å²) in [6.07, 6.45) is 3.16. The zero-order valence-electron chi connectivity index (χ0n) is 7.67. The fourth-order valence-corrected chi connectivity index (χ4v) is 1.51. The Labute approximate surface area is 74.3 Å². The van der Waals surface area contributed by atoms with E-state index >= 15 is 0 Å². The van der Waals surface area contributed by atoms with E-state index in [2.05, 4.69) is 4.90 Å². The summed E-state index contributed by atoms with van der Waals surface area (Å²) in [5.74, 6) is 0. The number of ether oxygens (including phenoxy) is 1. The molecule has 0 aromatic heterocycles. The highest BCUT2D eigenvalue weighted by Crippen LogP contribution is 2.00. The number of nitrogens with zero attached hydrogens (tertiary/aromatic N) is 1. The zero-order chi connectivity index (χ0) is 8.65. The standard InChI is InChI=1S/C9H19NO2/c11-7-1-4-10-5-2-8-12-9-3-6-10/h11H,1-9H2. The Kier molecular flexibility index (Phi) is 5.32. The molecule has 1 aliphatic rings. The second kappa shape index (κ2) is 6.40. The second-order valence-corrected chi connectivity index (χ2v) is 3.24. The van der Waals surface area contributed by atoms with Crippen molar-refractivity contribution < 1.29 is 9.84 Å². The largest absolute Gasteiger partial charge is 0.396 e. The first-order valence-electron chi connectivity index (χ1n) is 4.84. The van der Waals surface area contributed by atoms with Crippen LogP contribution in [0.5, 0.6) is 0 Å². The van der Waals surface area contributed by atoms with Gasteiger partial charge in [-0.05, 0) is 19.3 Å². The lowest BCUT2D eigenvalue weighted by atomic mass is 10.3. The molecule has 3 nitrogen and oxygen atoms in total. The minimum absolute atomic E-state index is 0.312. The first-order chi connectivity index (χ1) is 5.93. The summed E-state index contributed by atoms with van der Waals surface area (Å²) >= 11 is 0. The highest BCUT2D eigenvalue weighted by molar-refractivity contribution is 4.60. The van der Waals surface area contributed by atoms with Crippen molar-refractivity contribution in [3.05, 3.63) is 0 Å². The van der Waals surface area contributed by atoms with Gasteiger partial charge in [0.1, 0.15) is 0 Å². The minimum Gasteiger partial charge on any atom is -0.396 e. The summed E-state index contributed by atoms with van der Waals surface area (Å²) in [6, 6.07) is 0. The van der Waals surface area contributed by atoms with Gasteiger partial charge in [-0.1, -0.05) is 0 Å². The van der Waals surface area contributed by atoms with Crippen molar-refractivity contribution in [2.75, 3.05) is 39.5 Å². The number of hydrogen-bond donors (Lipinski definition) is 1. The predicted octanol–water partition coefficient (Wildman–Crippen LogP) is 0.481. The first-order valence-corrected chi connectivity index (χ1v) is 4.84. The van der Waals surface area contributed by atoms with E-state index in [9.17, 15) is 0 Å². The van der Waals surface area contributed by atoms with Crippen LogP contribution < -0.4 is 0 Å². The Bertz CT molecular complexity index is 97.9. The van der Waals surface area contributed by atoms with Gasteiger partial charge in [-0.25, -0.2) is 0 Å². The van der Waals surface area contributed by atoms with Crippen molar-refractivity contribution in [2.24, 2.45) is 0 Å². The molecule has 0 amide bonds. The van der Waals surface area contributed by atoms with E-state index in [0.29, 0.717) is 6.61 Å². The summed E-state index contributed by atoms with van der Waals surface area (Å²) < 4.78 is 5.35. The van der Waals surface area contributed by atoms with Gasteiger partial charge in [0, 0.05) is 39.5 Å². The number of hydrogen-bond acceptors (Lipinski definition) is 3. The number of rotatable bonds is 3. The van der Waals surface area contributed by atoms with Crippen molar-refractivity contribution in [3.63, 3.8) is 0 Å². The van der Waals surface area contributed by atoms with Gasteiger partial charge in [0.05, 0.1) is 0 Å². The Hall–Kier alpha value is -0.120. The Balaban J connectivity index is 2.11. The van der Waals surface area contributed by atoms with Gasteiger partial charge in [0.15, 0.2) is 0 Å². The van der Waals surface area contributed by atoms with Crippen LogP contribution in [0.4, 0.5) is 0 Å². The smallest absolute Gasteiger partial charge is 0.0478 e. The maximum absolute atomic E-state index is 8.67. The fraction of sp³-hybridized carbons (Fsp3) is 1.00. The highest BCUT2D eigenvalue weighted by atomic mass is 16.5. The summed E-state index contributed by atoms with van der Waals surface area (Å²) in [5, 5.41) is 8.67. The predicted molar refractivity (Wildman–Crippen MR) is 48.2 cm³/mol. The molecule has 3 heteroatoms. The zero-order valence-corrected chi connectivity index (χ0v) is 7.67. The fourth-order valence-electron chi connectivity index (χ4n) is 1.51. The molecular formula is C9H19NO2. The molecule has 0 aromatic carbocycles. The van der Waals surface area contributed by atoms with Crippen LogP contribution in [0.2, 0.25) is 0 Å². The van der Waals surface area contributed by atoms with E-state index in [0.717, 1.165) is 52.1 Å². The van der Waals surface area contributed by atoms with Crippen LogP contribution in [-0.4, -0.2) is 49.5 Å². The van der Waals surface area contributed by atoms with E-state index < -0.39 is 0 Å². The third-order valence-electron chi connectivity index (χ3n) is 2.16. The average Bonchev–Trinajstić information content (AvgIpc) is 2.02. The molecule has 0 aromatic rings. The molecule has 0 bridgehead atoms. The van der Waals surface area contributed by atoms with Gasteiger partial charge in [-0.2, -0.15) is 0 Å². The quantitative estimate of drug-likeness (QED) is 0.674. The lowest BCUT2D eigenvalue weighted by Crippen LogP contribution is -2.31. The van der Waals surface area contributed by atoms with Crippen molar-refractivity contribution in [1.29, 1.82) is 0 Å². The molecular weight excluding hydrogens is 154 g/mol. The normalized spacial score (nSPS) is 21.8. The maximum atomic E-state index is 8.67. The molecule has 1 saturated heterocycles. The van der Waals surface area contributed by atoms with Gasteiger partial charge in [-0.15, -0.1) is 0 Å². The average molecular weight is 173 g/mol. The minimum atomic E-state index is 0.312. The van der Waals surface area contributed by atoms with Crippen LogP contribution in [0.15, 0.2) is 0 Å². The van der Waals surface area contributed by atoms with Crippen molar-refractivity contribution in [2.45, 2.75) is 19.3 Å². The van der Waals surface area contributed by atoms with Crippen LogP contribution >= 0.6 is 0 Å².